The third-order valence-electron chi connectivity index (χ3n) is 7.49. The van der Waals surface area contributed by atoms with Gasteiger partial charge in [0.25, 0.3) is 12.3 Å². The lowest BCUT2D eigenvalue weighted by atomic mass is 9.87. The predicted octanol–water partition coefficient (Wildman–Crippen LogP) is 3.41. The van der Waals surface area contributed by atoms with Crippen molar-refractivity contribution in [3.63, 3.8) is 0 Å². The summed E-state index contributed by atoms with van der Waals surface area (Å²) in [7, 11) is 0. The minimum Gasteiger partial charge on any atom is -0.371 e. The van der Waals surface area contributed by atoms with Crippen molar-refractivity contribution in [2.45, 2.75) is 63.2 Å². The number of halogens is 2. The van der Waals surface area contributed by atoms with Crippen molar-refractivity contribution < 1.29 is 23.1 Å². The van der Waals surface area contributed by atoms with Crippen molar-refractivity contribution in [1.82, 2.24) is 24.4 Å². The van der Waals surface area contributed by atoms with Gasteiger partial charge in [0.15, 0.2) is 11.3 Å². The number of aldehydes is 1. The van der Waals surface area contributed by atoms with Crippen LogP contribution in [0.25, 0.3) is 5.65 Å². The Bertz CT molecular complexity index is 1270. The van der Waals surface area contributed by atoms with E-state index in [2.05, 4.69) is 25.4 Å². The number of aromatic nitrogens is 5. The third kappa shape index (κ3) is 4.23. The Hall–Kier alpha value is -3.41. The maximum atomic E-state index is 13.8. The molecular formula is C24H27F2N7O3. The SMILES string of the molecule is O=CC1CCC(n2cc(NC(=O)c3cnn4ccc(N5CC6CCC(C5)O6)nc34)c(C(F)F)n2)CC1. The number of fused-ring (bicyclic) bond motifs is 3. The van der Waals surface area contributed by atoms with Crippen molar-refractivity contribution in [2.24, 2.45) is 5.92 Å². The first kappa shape index (κ1) is 23.0. The average Bonchev–Trinajstić information content (AvgIpc) is 3.60. The molecule has 2 saturated heterocycles. The smallest absolute Gasteiger partial charge is 0.284 e. The van der Waals surface area contributed by atoms with Crippen LogP contribution < -0.4 is 10.2 Å². The fourth-order valence-corrected chi connectivity index (χ4v) is 5.54. The minimum absolute atomic E-state index is 0.00573. The molecule has 0 radical (unpaired) electrons. The number of hydrogen-bond donors (Lipinski definition) is 1. The topological polar surface area (TPSA) is 107 Å². The van der Waals surface area contributed by atoms with E-state index in [4.69, 9.17) is 4.74 Å². The lowest BCUT2D eigenvalue weighted by molar-refractivity contribution is -0.112. The lowest BCUT2D eigenvalue weighted by Gasteiger charge is -2.32. The molecule has 10 nitrogen and oxygen atoms in total. The van der Waals surface area contributed by atoms with Gasteiger partial charge in [-0.2, -0.15) is 10.2 Å². The quantitative estimate of drug-likeness (QED) is 0.518. The van der Waals surface area contributed by atoms with Crippen molar-refractivity contribution >= 4 is 29.3 Å². The molecule has 0 spiro atoms. The first-order valence-electron chi connectivity index (χ1n) is 12.4. The van der Waals surface area contributed by atoms with E-state index in [0.717, 1.165) is 38.0 Å². The van der Waals surface area contributed by atoms with E-state index < -0.39 is 18.0 Å². The highest BCUT2D eigenvalue weighted by molar-refractivity contribution is 6.08. The molecule has 12 heteroatoms. The highest BCUT2D eigenvalue weighted by atomic mass is 19.3. The van der Waals surface area contributed by atoms with Crippen LogP contribution in [0.3, 0.4) is 0 Å². The maximum absolute atomic E-state index is 13.8. The summed E-state index contributed by atoms with van der Waals surface area (Å²) in [4.78, 5) is 31.0. The van der Waals surface area contributed by atoms with Crippen LogP contribution in [0.2, 0.25) is 0 Å². The Balaban J connectivity index is 1.24. The summed E-state index contributed by atoms with van der Waals surface area (Å²) >= 11 is 0. The van der Waals surface area contributed by atoms with Gasteiger partial charge in [0, 0.05) is 31.4 Å². The van der Waals surface area contributed by atoms with Crippen LogP contribution in [0.4, 0.5) is 20.3 Å². The zero-order chi connectivity index (χ0) is 24.8. The number of rotatable bonds is 6. The molecule has 3 aliphatic rings. The van der Waals surface area contributed by atoms with Gasteiger partial charge in [-0.05, 0) is 44.6 Å². The van der Waals surface area contributed by atoms with Crippen molar-refractivity contribution in [3.05, 3.63) is 35.9 Å². The molecule has 190 valence electrons. The van der Waals surface area contributed by atoms with Gasteiger partial charge in [0.05, 0.1) is 30.1 Å². The summed E-state index contributed by atoms with van der Waals surface area (Å²) < 4.78 is 36.5. The molecular weight excluding hydrogens is 472 g/mol. The van der Waals surface area contributed by atoms with Crippen LogP contribution in [-0.2, 0) is 9.53 Å². The Morgan fingerprint density at radius 2 is 1.89 bits per heavy atom. The van der Waals surface area contributed by atoms with Gasteiger partial charge >= 0.3 is 0 Å². The summed E-state index contributed by atoms with van der Waals surface area (Å²) in [5.41, 5.74) is 0.0251. The van der Waals surface area contributed by atoms with Crippen LogP contribution in [-0.4, -0.2) is 61.9 Å². The van der Waals surface area contributed by atoms with Crippen LogP contribution in [0.5, 0.6) is 0 Å². The Morgan fingerprint density at radius 3 is 2.58 bits per heavy atom. The molecule has 2 atom stereocenters. The van der Waals surface area contributed by atoms with Gasteiger partial charge in [-0.15, -0.1) is 0 Å². The minimum atomic E-state index is -2.85. The average molecular weight is 500 g/mol. The number of carbonyl (C=O) groups excluding carboxylic acids is 2. The molecule has 0 aromatic carbocycles. The van der Waals surface area contributed by atoms with Crippen molar-refractivity contribution in [3.8, 4) is 0 Å². The molecule has 1 aliphatic carbocycles. The number of alkyl halides is 2. The number of morpholine rings is 1. The normalized spacial score (nSPS) is 26.0. The molecule has 1 saturated carbocycles. The highest BCUT2D eigenvalue weighted by Gasteiger charge is 2.34. The van der Waals surface area contributed by atoms with E-state index in [1.807, 2.05) is 6.07 Å². The molecule has 3 aromatic rings. The number of carbonyl (C=O) groups is 2. The zero-order valence-electron chi connectivity index (χ0n) is 19.6. The summed E-state index contributed by atoms with van der Waals surface area (Å²) in [5, 5.41) is 10.9. The van der Waals surface area contributed by atoms with Crippen molar-refractivity contribution in [1.29, 1.82) is 0 Å². The zero-order valence-corrected chi connectivity index (χ0v) is 19.6. The van der Waals surface area contributed by atoms with Crippen LogP contribution in [0.15, 0.2) is 24.7 Å². The van der Waals surface area contributed by atoms with E-state index >= 15 is 0 Å². The number of nitrogens with one attached hydrogen (secondary N) is 1. The summed E-state index contributed by atoms with van der Waals surface area (Å²) in [6.45, 7) is 1.47. The van der Waals surface area contributed by atoms with E-state index in [1.165, 1.54) is 21.6 Å². The standard InChI is InChI=1S/C24H27F2N7O3/c25-22(26)21-19(12-33(30-21)15-3-1-14(13-34)2-4-15)28-24(35)18-9-27-32-8-7-20(29-23(18)32)31-10-16-5-6-17(11-31)36-16/h7-9,12-17,22H,1-6,10-11H2,(H,28,35). The van der Waals surface area contributed by atoms with Gasteiger partial charge < -0.3 is 19.7 Å². The molecule has 36 heavy (non-hydrogen) atoms. The molecule has 6 rings (SSSR count). The van der Waals surface area contributed by atoms with Gasteiger partial charge in [-0.1, -0.05) is 0 Å². The number of anilines is 2. The second-order valence-corrected chi connectivity index (χ2v) is 9.84. The van der Waals surface area contributed by atoms with E-state index in [-0.39, 0.29) is 35.4 Å². The van der Waals surface area contributed by atoms with Crippen LogP contribution in [0, 0.1) is 5.92 Å². The number of ether oxygens (including phenoxy) is 1. The molecule has 5 heterocycles. The largest absolute Gasteiger partial charge is 0.371 e. The van der Waals surface area contributed by atoms with Crippen LogP contribution >= 0.6 is 0 Å². The fraction of sp³-hybridized carbons (Fsp3) is 0.542. The third-order valence-corrected chi connectivity index (χ3v) is 7.49. The first-order valence-corrected chi connectivity index (χ1v) is 12.4. The molecule has 2 aliphatic heterocycles. The number of hydrogen-bond acceptors (Lipinski definition) is 7. The van der Waals surface area contributed by atoms with Gasteiger partial charge in [0.2, 0.25) is 0 Å². The second-order valence-electron chi connectivity index (χ2n) is 9.84. The molecule has 3 fully saturated rings. The Morgan fingerprint density at radius 1 is 1.14 bits per heavy atom. The predicted molar refractivity (Wildman–Crippen MR) is 125 cm³/mol. The summed E-state index contributed by atoms with van der Waals surface area (Å²) in [6.07, 6.45) is 7.86. The van der Waals surface area contributed by atoms with E-state index in [9.17, 15) is 18.4 Å². The molecule has 2 bridgehead atoms. The summed E-state index contributed by atoms with van der Waals surface area (Å²) in [6, 6.07) is 1.76. The van der Waals surface area contributed by atoms with Gasteiger partial charge in [-0.3, -0.25) is 9.48 Å². The first-order chi connectivity index (χ1) is 17.5. The highest BCUT2D eigenvalue weighted by Crippen LogP contribution is 2.34. The molecule has 1 N–H and O–H groups in total. The number of amides is 1. The molecule has 1 amide bonds. The maximum Gasteiger partial charge on any atom is 0.284 e. The van der Waals surface area contributed by atoms with E-state index in [1.54, 1.807) is 6.20 Å². The lowest BCUT2D eigenvalue weighted by Crippen LogP contribution is -2.43. The molecule has 2 unspecified atom stereocenters. The Kier molecular flexibility index (Phi) is 5.90. The van der Waals surface area contributed by atoms with Gasteiger partial charge in [0.1, 0.15) is 17.7 Å². The molecule has 3 aromatic heterocycles. The van der Waals surface area contributed by atoms with Crippen LogP contribution in [0.1, 0.15) is 67.0 Å². The fourth-order valence-electron chi connectivity index (χ4n) is 5.54. The van der Waals surface area contributed by atoms with Gasteiger partial charge in [-0.25, -0.2) is 18.3 Å². The van der Waals surface area contributed by atoms with E-state index in [0.29, 0.717) is 31.3 Å². The second kappa shape index (κ2) is 9.23. The van der Waals surface area contributed by atoms with Crippen molar-refractivity contribution in [2.75, 3.05) is 23.3 Å². The summed E-state index contributed by atoms with van der Waals surface area (Å²) in [5.74, 6) is 0.151. The monoisotopic (exact) mass is 499 g/mol. The number of nitrogens with zero attached hydrogens (tertiary/aromatic N) is 6. The Labute approximate surface area is 205 Å².